The molecule has 2 aliphatic rings. The minimum Gasteiger partial charge on any atom is -0.497 e. The highest BCUT2D eigenvalue weighted by atomic mass is 32.2. The molecule has 0 spiro atoms. The Morgan fingerprint density at radius 2 is 1.69 bits per heavy atom. The van der Waals surface area contributed by atoms with Crippen molar-refractivity contribution in [3.63, 3.8) is 0 Å². The first-order valence-corrected chi connectivity index (χ1v) is 14.3. The molecule has 2 heterocycles. The monoisotopic (exact) mass is 549 g/mol. The van der Waals surface area contributed by atoms with Crippen LogP contribution in [0.25, 0.3) is 0 Å². The molecule has 2 aliphatic heterocycles. The summed E-state index contributed by atoms with van der Waals surface area (Å²) < 4.78 is 39.2. The van der Waals surface area contributed by atoms with Gasteiger partial charge in [-0.15, -0.1) is 0 Å². The van der Waals surface area contributed by atoms with E-state index in [1.165, 1.54) is 23.5 Å². The summed E-state index contributed by atoms with van der Waals surface area (Å²) in [6.07, 6.45) is 0.215. The third-order valence-electron chi connectivity index (χ3n) is 7.07. The maximum Gasteiger partial charge on any atom is 0.263 e. The summed E-state index contributed by atoms with van der Waals surface area (Å²) in [6.45, 7) is 0.786. The molecule has 3 aromatic rings. The number of methoxy groups -OCH3 is 1. The highest BCUT2D eigenvalue weighted by Crippen LogP contribution is 2.35. The van der Waals surface area contributed by atoms with Crippen LogP contribution in [0.1, 0.15) is 18.4 Å². The smallest absolute Gasteiger partial charge is 0.263 e. The van der Waals surface area contributed by atoms with E-state index >= 15 is 0 Å². The van der Waals surface area contributed by atoms with Gasteiger partial charge in [0.05, 0.1) is 30.2 Å². The van der Waals surface area contributed by atoms with E-state index in [0.29, 0.717) is 43.1 Å². The predicted molar refractivity (Wildman–Crippen MR) is 146 cm³/mol. The number of fused-ring (bicyclic) bond motifs is 1. The number of carbonyl (C=O) groups excluding carboxylic acids is 2. The van der Waals surface area contributed by atoms with E-state index in [4.69, 9.17) is 9.47 Å². The van der Waals surface area contributed by atoms with E-state index in [9.17, 15) is 18.0 Å². The molecule has 5 rings (SSSR count). The number of carbonyl (C=O) groups is 2. The van der Waals surface area contributed by atoms with E-state index in [1.807, 2.05) is 30.3 Å². The van der Waals surface area contributed by atoms with Crippen LogP contribution in [0.15, 0.2) is 83.8 Å². The Morgan fingerprint density at radius 1 is 0.974 bits per heavy atom. The quantitative estimate of drug-likeness (QED) is 0.485. The van der Waals surface area contributed by atoms with Crippen LogP contribution in [0.5, 0.6) is 11.5 Å². The van der Waals surface area contributed by atoms with Crippen molar-refractivity contribution in [3.8, 4) is 11.5 Å². The molecule has 0 aliphatic carbocycles. The van der Waals surface area contributed by atoms with Gasteiger partial charge in [0, 0.05) is 19.6 Å². The SMILES string of the molecule is COc1ccc(S(=O)(=O)N2CCC[C@@H](C(=O)N3C[C@H](C(=O)NCc4ccccc4)Oc4ccccc43)C2)cc1. The fraction of sp³-hybridized carbons (Fsp3) is 0.310. The summed E-state index contributed by atoms with van der Waals surface area (Å²) >= 11 is 0. The van der Waals surface area contributed by atoms with Gasteiger partial charge >= 0.3 is 0 Å². The highest BCUT2D eigenvalue weighted by Gasteiger charge is 2.39. The molecule has 0 aromatic heterocycles. The molecule has 2 amide bonds. The van der Waals surface area contributed by atoms with Gasteiger partial charge in [0.2, 0.25) is 15.9 Å². The molecule has 1 fully saturated rings. The van der Waals surface area contributed by atoms with Crippen molar-refractivity contribution in [2.24, 2.45) is 5.92 Å². The van der Waals surface area contributed by atoms with Gasteiger partial charge in [-0.3, -0.25) is 9.59 Å². The normalized spacial score (nSPS) is 19.5. The summed E-state index contributed by atoms with van der Waals surface area (Å²) in [4.78, 5) is 28.6. The second-order valence-electron chi connectivity index (χ2n) is 9.60. The van der Waals surface area contributed by atoms with Crippen LogP contribution in [0, 0.1) is 5.92 Å². The molecule has 39 heavy (non-hydrogen) atoms. The molecule has 9 nitrogen and oxygen atoms in total. The van der Waals surface area contributed by atoms with Gasteiger partial charge in [0.25, 0.3) is 5.91 Å². The van der Waals surface area contributed by atoms with E-state index < -0.39 is 22.0 Å². The molecule has 0 bridgehead atoms. The lowest BCUT2D eigenvalue weighted by atomic mass is 9.97. The number of ether oxygens (including phenoxy) is 2. The topological polar surface area (TPSA) is 105 Å². The van der Waals surface area contributed by atoms with Gasteiger partial charge < -0.3 is 19.7 Å². The highest BCUT2D eigenvalue weighted by molar-refractivity contribution is 7.89. The van der Waals surface area contributed by atoms with Gasteiger partial charge in [0.15, 0.2) is 6.10 Å². The zero-order valence-corrected chi connectivity index (χ0v) is 22.5. The number of benzene rings is 3. The summed E-state index contributed by atoms with van der Waals surface area (Å²) in [5, 5.41) is 2.89. The van der Waals surface area contributed by atoms with Crippen LogP contribution in [0.3, 0.4) is 0 Å². The number of hydrogen-bond donors (Lipinski definition) is 1. The average Bonchev–Trinajstić information content (AvgIpc) is 2.99. The van der Waals surface area contributed by atoms with Gasteiger partial charge in [-0.25, -0.2) is 8.42 Å². The average molecular weight is 550 g/mol. The lowest BCUT2D eigenvalue weighted by molar-refractivity contribution is -0.129. The van der Waals surface area contributed by atoms with Gasteiger partial charge in [0.1, 0.15) is 11.5 Å². The fourth-order valence-corrected chi connectivity index (χ4v) is 6.48. The number of anilines is 1. The number of para-hydroxylation sites is 2. The maximum absolute atomic E-state index is 13.9. The molecule has 0 unspecified atom stereocenters. The Labute approximate surface area is 228 Å². The number of hydrogen-bond acceptors (Lipinski definition) is 6. The third kappa shape index (κ3) is 5.76. The molecule has 2 atom stereocenters. The van der Waals surface area contributed by atoms with Crippen LogP contribution >= 0.6 is 0 Å². The molecule has 204 valence electrons. The lowest BCUT2D eigenvalue weighted by Gasteiger charge is -2.38. The van der Waals surface area contributed by atoms with E-state index in [1.54, 1.807) is 41.3 Å². The first-order chi connectivity index (χ1) is 18.9. The molecular formula is C29H31N3O6S. The number of sulfonamides is 1. The standard InChI is InChI=1S/C29H31N3O6S/c1-37-23-13-15-24(16-14-23)39(35,36)31-17-7-10-22(19-31)29(34)32-20-27(38-26-12-6-5-11-25(26)32)28(33)30-18-21-8-3-2-4-9-21/h2-6,8-9,11-16,22,27H,7,10,17-20H2,1H3,(H,30,33)/t22-,27-/m1/s1. The number of nitrogens with one attached hydrogen (secondary N) is 1. The molecule has 0 saturated carbocycles. The van der Waals surface area contributed by atoms with Gasteiger partial charge in [-0.2, -0.15) is 4.31 Å². The number of nitrogens with zero attached hydrogens (tertiary/aromatic N) is 2. The number of rotatable bonds is 7. The zero-order chi connectivity index (χ0) is 27.4. The van der Waals surface area contributed by atoms with Crippen molar-refractivity contribution in [1.82, 2.24) is 9.62 Å². The van der Waals surface area contributed by atoms with Crippen LogP contribution in [-0.2, 0) is 26.2 Å². The Hall–Kier alpha value is -3.89. The molecule has 1 N–H and O–H groups in total. The van der Waals surface area contributed by atoms with Crippen molar-refractivity contribution in [2.75, 3.05) is 31.6 Å². The third-order valence-corrected chi connectivity index (χ3v) is 8.95. The van der Waals surface area contributed by atoms with E-state index in [2.05, 4.69) is 5.32 Å². The lowest BCUT2D eigenvalue weighted by Crippen LogP contribution is -2.53. The van der Waals surface area contributed by atoms with Crippen molar-refractivity contribution in [2.45, 2.75) is 30.4 Å². The Kier molecular flexibility index (Phi) is 7.85. The molecule has 1 saturated heterocycles. The summed E-state index contributed by atoms with van der Waals surface area (Å²) in [5.74, 6) is -0.0878. The van der Waals surface area contributed by atoms with Crippen molar-refractivity contribution in [1.29, 1.82) is 0 Å². The molecule has 0 radical (unpaired) electrons. The second kappa shape index (κ2) is 11.5. The Morgan fingerprint density at radius 3 is 2.44 bits per heavy atom. The minimum atomic E-state index is -3.78. The first kappa shape index (κ1) is 26.7. The van der Waals surface area contributed by atoms with Gasteiger partial charge in [-0.05, 0) is 54.8 Å². The Balaban J connectivity index is 1.32. The second-order valence-corrected chi connectivity index (χ2v) is 11.5. The number of piperidine rings is 1. The minimum absolute atomic E-state index is 0.0399. The largest absolute Gasteiger partial charge is 0.497 e. The van der Waals surface area contributed by atoms with E-state index in [-0.39, 0.29) is 29.8 Å². The van der Waals surface area contributed by atoms with Crippen molar-refractivity contribution in [3.05, 3.63) is 84.4 Å². The first-order valence-electron chi connectivity index (χ1n) is 12.9. The number of amides is 2. The molecular weight excluding hydrogens is 518 g/mol. The zero-order valence-electron chi connectivity index (χ0n) is 21.7. The predicted octanol–water partition coefficient (Wildman–Crippen LogP) is 3.21. The van der Waals surface area contributed by atoms with Crippen LogP contribution in [0.2, 0.25) is 0 Å². The molecule has 3 aromatic carbocycles. The van der Waals surface area contributed by atoms with Crippen LogP contribution < -0.4 is 19.7 Å². The van der Waals surface area contributed by atoms with Crippen molar-refractivity contribution >= 4 is 27.5 Å². The van der Waals surface area contributed by atoms with Crippen LogP contribution in [-0.4, -0.2) is 57.4 Å². The van der Waals surface area contributed by atoms with Crippen LogP contribution in [0.4, 0.5) is 5.69 Å². The summed E-state index contributed by atoms with van der Waals surface area (Å²) in [5.41, 5.74) is 1.53. The summed E-state index contributed by atoms with van der Waals surface area (Å²) in [7, 11) is -2.26. The molecule has 10 heteroatoms. The fourth-order valence-electron chi connectivity index (χ4n) is 4.96. The maximum atomic E-state index is 13.9. The Bertz CT molecular complexity index is 1430. The summed E-state index contributed by atoms with van der Waals surface area (Å²) in [6, 6.07) is 22.9. The van der Waals surface area contributed by atoms with Gasteiger partial charge in [-0.1, -0.05) is 42.5 Å². The van der Waals surface area contributed by atoms with E-state index in [0.717, 1.165) is 5.56 Å². The van der Waals surface area contributed by atoms with Crippen molar-refractivity contribution < 1.29 is 27.5 Å².